The molecule has 3 aromatic rings. The lowest BCUT2D eigenvalue weighted by molar-refractivity contribution is 1.15. The number of nitrogens with one attached hydrogen (secondary N) is 1. The maximum Gasteiger partial charge on any atom is 0.0763 e. The van der Waals surface area contributed by atoms with Crippen molar-refractivity contribution in [2.75, 3.05) is 5.32 Å². The molecule has 4 heteroatoms. The Kier molecular flexibility index (Phi) is 3.90. The molecule has 0 saturated carbocycles. The molecule has 0 aliphatic carbocycles. The standard InChI is InChI=1S/C16H12BrClN2/c17-15-7-6-11(16-14(15)5-2-8-19-16)10-20-13-4-1-3-12(18)9-13/h1-9,20H,10H2. The molecule has 20 heavy (non-hydrogen) atoms. The minimum atomic E-state index is 0.709. The highest BCUT2D eigenvalue weighted by atomic mass is 79.9. The first-order valence-electron chi connectivity index (χ1n) is 6.25. The summed E-state index contributed by atoms with van der Waals surface area (Å²) in [5, 5.41) is 5.23. The minimum Gasteiger partial charge on any atom is -0.381 e. The number of hydrogen-bond donors (Lipinski definition) is 1. The van der Waals surface area contributed by atoms with Crippen molar-refractivity contribution in [1.29, 1.82) is 0 Å². The number of fused-ring (bicyclic) bond motifs is 1. The van der Waals surface area contributed by atoms with Crippen LogP contribution in [0.25, 0.3) is 10.9 Å². The van der Waals surface area contributed by atoms with Gasteiger partial charge in [0.1, 0.15) is 0 Å². The second-order valence-electron chi connectivity index (χ2n) is 4.47. The van der Waals surface area contributed by atoms with Crippen LogP contribution >= 0.6 is 27.5 Å². The number of aromatic nitrogens is 1. The van der Waals surface area contributed by atoms with E-state index < -0.39 is 0 Å². The van der Waals surface area contributed by atoms with Crippen molar-refractivity contribution in [3.63, 3.8) is 0 Å². The van der Waals surface area contributed by atoms with Gasteiger partial charge in [-0.1, -0.05) is 45.7 Å². The summed E-state index contributed by atoms with van der Waals surface area (Å²) >= 11 is 9.54. The van der Waals surface area contributed by atoms with E-state index in [0.717, 1.165) is 31.6 Å². The van der Waals surface area contributed by atoms with Crippen LogP contribution in [0.15, 0.2) is 59.2 Å². The molecule has 0 spiro atoms. The third kappa shape index (κ3) is 2.79. The van der Waals surface area contributed by atoms with Gasteiger partial charge < -0.3 is 5.32 Å². The van der Waals surface area contributed by atoms with Gasteiger partial charge in [-0.25, -0.2) is 0 Å². The van der Waals surface area contributed by atoms with E-state index in [4.69, 9.17) is 11.6 Å². The summed E-state index contributed by atoms with van der Waals surface area (Å²) in [5.74, 6) is 0. The molecule has 1 N–H and O–H groups in total. The van der Waals surface area contributed by atoms with E-state index in [2.05, 4.69) is 44.4 Å². The topological polar surface area (TPSA) is 24.9 Å². The molecule has 1 heterocycles. The highest BCUT2D eigenvalue weighted by molar-refractivity contribution is 9.10. The van der Waals surface area contributed by atoms with E-state index >= 15 is 0 Å². The van der Waals surface area contributed by atoms with Crippen LogP contribution in [-0.4, -0.2) is 4.98 Å². The Balaban J connectivity index is 1.90. The SMILES string of the molecule is Clc1cccc(NCc2ccc(Br)c3cccnc23)c1. The lowest BCUT2D eigenvalue weighted by atomic mass is 10.1. The molecule has 0 atom stereocenters. The molecule has 1 aromatic heterocycles. The largest absolute Gasteiger partial charge is 0.381 e. The van der Waals surface area contributed by atoms with Gasteiger partial charge in [0.25, 0.3) is 0 Å². The van der Waals surface area contributed by atoms with Gasteiger partial charge in [0.05, 0.1) is 5.52 Å². The van der Waals surface area contributed by atoms with Crippen LogP contribution in [0.1, 0.15) is 5.56 Å². The molecule has 3 rings (SSSR count). The molecule has 2 aromatic carbocycles. The first-order valence-corrected chi connectivity index (χ1v) is 7.43. The predicted molar refractivity (Wildman–Crippen MR) is 88.2 cm³/mol. The molecule has 0 radical (unpaired) electrons. The number of anilines is 1. The smallest absolute Gasteiger partial charge is 0.0763 e. The van der Waals surface area contributed by atoms with Gasteiger partial charge in [-0.05, 0) is 35.9 Å². The molecule has 0 aliphatic heterocycles. The van der Waals surface area contributed by atoms with Crippen LogP contribution in [0.2, 0.25) is 5.02 Å². The van der Waals surface area contributed by atoms with Crippen molar-refractivity contribution in [2.45, 2.75) is 6.54 Å². The third-order valence-corrected chi connectivity index (χ3v) is 4.03. The molecule has 2 nitrogen and oxygen atoms in total. The first-order chi connectivity index (χ1) is 9.74. The van der Waals surface area contributed by atoms with Crippen molar-refractivity contribution in [2.24, 2.45) is 0 Å². The zero-order valence-electron chi connectivity index (χ0n) is 10.6. The van der Waals surface area contributed by atoms with E-state index in [9.17, 15) is 0 Å². The molecular weight excluding hydrogens is 336 g/mol. The highest BCUT2D eigenvalue weighted by Crippen LogP contribution is 2.26. The van der Waals surface area contributed by atoms with Gasteiger partial charge in [0, 0.05) is 33.3 Å². The molecule has 0 amide bonds. The fraction of sp³-hybridized carbons (Fsp3) is 0.0625. The molecule has 0 aliphatic rings. The van der Waals surface area contributed by atoms with Crippen LogP contribution in [0.3, 0.4) is 0 Å². The van der Waals surface area contributed by atoms with Gasteiger partial charge in [0.15, 0.2) is 0 Å². The van der Waals surface area contributed by atoms with E-state index in [0.29, 0.717) is 6.54 Å². The van der Waals surface area contributed by atoms with Crippen LogP contribution < -0.4 is 5.32 Å². The molecular formula is C16H12BrClN2. The van der Waals surface area contributed by atoms with E-state index in [1.165, 1.54) is 0 Å². The third-order valence-electron chi connectivity index (χ3n) is 3.11. The number of halogens is 2. The maximum atomic E-state index is 5.98. The van der Waals surface area contributed by atoms with Gasteiger partial charge in [-0.2, -0.15) is 0 Å². The summed E-state index contributed by atoms with van der Waals surface area (Å²) in [6, 6.07) is 15.9. The lowest BCUT2D eigenvalue weighted by Crippen LogP contribution is -2.01. The Bertz CT molecular complexity index is 758. The van der Waals surface area contributed by atoms with Crippen LogP contribution in [0.5, 0.6) is 0 Å². The Morgan fingerprint density at radius 3 is 2.85 bits per heavy atom. The summed E-state index contributed by atoms with van der Waals surface area (Å²) in [6.45, 7) is 0.709. The Morgan fingerprint density at radius 2 is 2.00 bits per heavy atom. The van der Waals surface area contributed by atoms with Gasteiger partial charge in [-0.3, -0.25) is 4.98 Å². The average molecular weight is 348 g/mol. The average Bonchev–Trinajstić information content (AvgIpc) is 2.47. The highest BCUT2D eigenvalue weighted by Gasteiger charge is 2.05. The Labute approximate surface area is 130 Å². The number of benzene rings is 2. The second-order valence-corrected chi connectivity index (χ2v) is 5.76. The van der Waals surface area contributed by atoms with E-state index in [1.807, 2.05) is 36.5 Å². The van der Waals surface area contributed by atoms with Crippen molar-refractivity contribution in [3.8, 4) is 0 Å². The zero-order valence-corrected chi connectivity index (χ0v) is 12.9. The Morgan fingerprint density at radius 1 is 1.10 bits per heavy atom. The quantitative estimate of drug-likeness (QED) is 0.699. The summed E-state index contributed by atoms with van der Waals surface area (Å²) in [6.07, 6.45) is 1.82. The van der Waals surface area contributed by atoms with Crippen molar-refractivity contribution >= 4 is 44.1 Å². The van der Waals surface area contributed by atoms with Crippen LogP contribution in [0.4, 0.5) is 5.69 Å². The normalized spacial score (nSPS) is 10.7. The van der Waals surface area contributed by atoms with Crippen molar-refractivity contribution in [3.05, 3.63) is 69.8 Å². The molecule has 0 saturated heterocycles. The van der Waals surface area contributed by atoms with E-state index in [1.54, 1.807) is 0 Å². The monoisotopic (exact) mass is 346 g/mol. The van der Waals surface area contributed by atoms with Crippen LogP contribution in [0, 0.1) is 0 Å². The zero-order chi connectivity index (χ0) is 13.9. The lowest BCUT2D eigenvalue weighted by Gasteiger charge is -2.10. The number of hydrogen-bond acceptors (Lipinski definition) is 2. The molecule has 0 fully saturated rings. The minimum absolute atomic E-state index is 0.709. The summed E-state index contributed by atoms with van der Waals surface area (Å²) in [4.78, 5) is 4.48. The molecule has 0 unspecified atom stereocenters. The van der Waals surface area contributed by atoms with E-state index in [-0.39, 0.29) is 0 Å². The second kappa shape index (κ2) is 5.81. The van der Waals surface area contributed by atoms with Gasteiger partial charge >= 0.3 is 0 Å². The maximum absolute atomic E-state index is 5.98. The fourth-order valence-corrected chi connectivity index (χ4v) is 2.78. The predicted octanol–water partition coefficient (Wildman–Crippen LogP) is 5.26. The summed E-state index contributed by atoms with van der Waals surface area (Å²) in [5.41, 5.74) is 3.17. The van der Waals surface area contributed by atoms with Crippen molar-refractivity contribution < 1.29 is 0 Å². The van der Waals surface area contributed by atoms with Crippen molar-refractivity contribution in [1.82, 2.24) is 4.98 Å². The first kappa shape index (κ1) is 13.4. The molecule has 100 valence electrons. The van der Waals surface area contributed by atoms with Gasteiger partial charge in [0.2, 0.25) is 0 Å². The molecule has 0 bridgehead atoms. The summed E-state index contributed by atoms with van der Waals surface area (Å²) < 4.78 is 1.06. The number of rotatable bonds is 3. The summed E-state index contributed by atoms with van der Waals surface area (Å²) in [7, 11) is 0. The fourth-order valence-electron chi connectivity index (χ4n) is 2.13. The number of pyridine rings is 1. The van der Waals surface area contributed by atoms with Crippen LogP contribution in [-0.2, 0) is 6.54 Å². The van der Waals surface area contributed by atoms with Gasteiger partial charge in [-0.15, -0.1) is 0 Å². The number of nitrogens with zero attached hydrogens (tertiary/aromatic N) is 1. The Hall–Kier alpha value is -1.58.